The van der Waals surface area contributed by atoms with E-state index in [1.54, 1.807) is 7.11 Å². The predicted molar refractivity (Wildman–Crippen MR) is 74.1 cm³/mol. The van der Waals surface area contributed by atoms with E-state index in [1.165, 1.54) is 12.8 Å². The number of ether oxygens (including phenoxy) is 2. The van der Waals surface area contributed by atoms with Crippen LogP contribution in [0.25, 0.3) is 0 Å². The number of hydrogen-bond acceptors (Lipinski definition) is 5. The van der Waals surface area contributed by atoms with Crippen LogP contribution >= 0.6 is 0 Å². The van der Waals surface area contributed by atoms with Crippen LogP contribution in [0.2, 0.25) is 0 Å². The van der Waals surface area contributed by atoms with Gasteiger partial charge in [0.15, 0.2) is 5.82 Å². The summed E-state index contributed by atoms with van der Waals surface area (Å²) < 4.78 is 11.2. The van der Waals surface area contributed by atoms with E-state index in [1.807, 2.05) is 20.0 Å². The second-order valence-electron chi connectivity index (χ2n) is 4.89. The maximum absolute atomic E-state index is 6.02. The first-order chi connectivity index (χ1) is 9.24. The van der Waals surface area contributed by atoms with Crippen molar-refractivity contribution in [3.8, 4) is 0 Å². The lowest BCUT2D eigenvalue weighted by atomic mass is 10.0. The molecule has 0 radical (unpaired) electrons. The summed E-state index contributed by atoms with van der Waals surface area (Å²) in [6.45, 7) is 3.21. The molecule has 1 aliphatic rings. The minimum atomic E-state index is -0.301. The van der Waals surface area contributed by atoms with Crippen molar-refractivity contribution < 1.29 is 9.47 Å². The first-order valence-electron chi connectivity index (χ1n) is 6.93. The zero-order chi connectivity index (χ0) is 13.7. The molecule has 1 fully saturated rings. The lowest BCUT2D eigenvalue weighted by Gasteiger charge is -2.28. The number of nitrogens with one attached hydrogen (secondary N) is 1. The Morgan fingerprint density at radius 1 is 1.32 bits per heavy atom. The van der Waals surface area contributed by atoms with Gasteiger partial charge in [-0.2, -0.15) is 0 Å². The molecule has 1 heterocycles. The fourth-order valence-electron chi connectivity index (χ4n) is 2.71. The third-order valence-corrected chi connectivity index (χ3v) is 3.57. The molecule has 0 atom stereocenters. The SMILES string of the molecule is CCOC1(c2nc(COC)cc(NC)n2)CCCC1. The van der Waals surface area contributed by atoms with Gasteiger partial charge in [0.25, 0.3) is 0 Å². The predicted octanol–water partition coefficient (Wildman–Crippen LogP) is 2.47. The largest absolute Gasteiger partial charge is 0.378 e. The molecule has 19 heavy (non-hydrogen) atoms. The van der Waals surface area contributed by atoms with Gasteiger partial charge in [-0.15, -0.1) is 0 Å². The van der Waals surface area contributed by atoms with E-state index in [0.717, 1.165) is 30.2 Å². The third kappa shape index (κ3) is 3.04. The van der Waals surface area contributed by atoms with Gasteiger partial charge >= 0.3 is 0 Å². The van der Waals surface area contributed by atoms with Gasteiger partial charge in [-0.25, -0.2) is 9.97 Å². The Morgan fingerprint density at radius 2 is 2.05 bits per heavy atom. The summed E-state index contributed by atoms with van der Waals surface area (Å²) in [5, 5.41) is 3.09. The van der Waals surface area contributed by atoms with Gasteiger partial charge < -0.3 is 14.8 Å². The monoisotopic (exact) mass is 265 g/mol. The molecule has 1 aromatic rings. The Kier molecular flexibility index (Phi) is 4.71. The molecule has 0 bridgehead atoms. The molecule has 0 spiro atoms. The molecule has 1 aromatic heterocycles. The van der Waals surface area contributed by atoms with Crippen molar-refractivity contribution in [1.29, 1.82) is 0 Å². The van der Waals surface area contributed by atoms with E-state index in [9.17, 15) is 0 Å². The number of aromatic nitrogens is 2. The van der Waals surface area contributed by atoms with Gasteiger partial charge in [-0.1, -0.05) is 0 Å². The summed E-state index contributed by atoms with van der Waals surface area (Å²) in [5.74, 6) is 1.62. The van der Waals surface area contributed by atoms with Crippen molar-refractivity contribution in [3.63, 3.8) is 0 Å². The number of nitrogens with zero attached hydrogens (tertiary/aromatic N) is 2. The number of hydrogen-bond donors (Lipinski definition) is 1. The van der Waals surface area contributed by atoms with Gasteiger partial charge in [0.1, 0.15) is 11.4 Å². The first kappa shape index (κ1) is 14.2. The molecular formula is C14H23N3O2. The van der Waals surface area contributed by atoms with Crippen LogP contribution in [0.3, 0.4) is 0 Å². The summed E-state index contributed by atoms with van der Waals surface area (Å²) in [7, 11) is 3.54. The van der Waals surface area contributed by atoms with Crippen molar-refractivity contribution >= 4 is 5.82 Å². The van der Waals surface area contributed by atoms with Gasteiger partial charge in [0, 0.05) is 26.8 Å². The highest BCUT2D eigenvalue weighted by Crippen LogP contribution is 2.40. The molecular weight excluding hydrogens is 242 g/mol. The molecule has 5 heteroatoms. The van der Waals surface area contributed by atoms with Crippen LogP contribution < -0.4 is 5.32 Å². The second kappa shape index (κ2) is 6.30. The zero-order valence-electron chi connectivity index (χ0n) is 12.0. The van der Waals surface area contributed by atoms with Gasteiger partial charge in [-0.3, -0.25) is 0 Å². The minimum absolute atomic E-state index is 0.301. The summed E-state index contributed by atoms with van der Waals surface area (Å²) in [5.41, 5.74) is 0.590. The molecule has 1 N–H and O–H groups in total. The molecule has 0 amide bonds. The molecule has 2 rings (SSSR count). The lowest BCUT2D eigenvalue weighted by molar-refractivity contribution is -0.0459. The Balaban J connectivity index is 2.37. The molecule has 0 unspecified atom stereocenters. The summed E-state index contributed by atoms with van der Waals surface area (Å²) in [6.07, 6.45) is 4.35. The van der Waals surface area contributed by atoms with Crippen molar-refractivity contribution in [2.75, 3.05) is 26.1 Å². The highest BCUT2D eigenvalue weighted by atomic mass is 16.5. The fourth-order valence-corrected chi connectivity index (χ4v) is 2.71. The molecule has 0 aliphatic heterocycles. The van der Waals surface area contributed by atoms with Crippen LogP contribution in [0.4, 0.5) is 5.82 Å². The summed E-state index contributed by atoms with van der Waals surface area (Å²) in [4.78, 5) is 9.25. The second-order valence-corrected chi connectivity index (χ2v) is 4.89. The van der Waals surface area contributed by atoms with Crippen molar-refractivity contribution in [2.45, 2.75) is 44.8 Å². The number of methoxy groups -OCH3 is 1. The van der Waals surface area contributed by atoms with Gasteiger partial charge in [0.05, 0.1) is 12.3 Å². The fraction of sp³-hybridized carbons (Fsp3) is 0.714. The average Bonchev–Trinajstić information content (AvgIpc) is 2.89. The van der Waals surface area contributed by atoms with Crippen molar-refractivity contribution in [3.05, 3.63) is 17.6 Å². The van der Waals surface area contributed by atoms with Crippen LogP contribution in [0, 0.1) is 0 Å². The third-order valence-electron chi connectivity index (χ3n) is 3.57. The number of rotatable bonds is 6. The highest BCUT2D eigenvalue weighted by molar-refractivity contribution is 5.36. The van der Waals surface area contributed by atoms with E-state index < -0.39 is 0 Å². The van der Waals surface area contributed by atoms with E-state index in [-0.39, 0.29) is 5.60 Å². The van der Waals surface area contributed by atoms with E-state index in [0.29, 0.717) is 13.2 Å². The Morgan fingerprint density at radius 3 is 2.63 bits per heavy atom. The van der Waals surface area contributed by atoms with Crippen LogP contribution in [-0.2, 0) is 21.7 Å². The molecule has 0 saturated heterocycles. The highest BCUT2D eigenvalue weighted by Gasteiger charge is 2.39. The van der Waals surface area contributed by atoms with Crippen molar-refractivity contribution in [1.82, 2.24) is 9.97 Å². The number of anilines is 1. The zero-order valence-corrected chi connectivity index (χ0v) is 12.0. The standard InChI is InChI=1S/C14H23N3O2/c1-4-19-14(7-5-6-8-14)13-16-11(10-18-3)9-12(15-2)17-13/h9H,4-8,10H2,1-3H3,(H,15,16,17). The molecule has 1 aliphatic carbocycles. The Labute approximate surface area is 114 Å². The first-order valence-corrected chi connectivity index (χ1v) is 6.93. The van der Waals surface area contributed by atoms with E-state index >= 15 is 0 Å². The smallest absolute Gasteiger partial charge is 0.162 e. The van der Waals surface area contributed by atoms with E-state index in [4.69, 9.17) is 9.47 Å². The van der Waals surface area contributed by atoms with Crippen LogP contribution in [0.15, 0.2) is 6.07 Å². The van der Waals surface area contributed by atoms with Gasteiger partial charge in [-0.05, 0) is 32.6 Å². The van der Waals surface area contributed by atoms with Crippen LogP contribution in [0.1, 0.15) is 44.1 Å². The van der Waals surface area contributed by atoms with Crippen molar-refractivity contribution in [2.24, 2.45) is 0 Å². The topological polar surface area (TPSA) is 56.3 Å². The Bertz CT molecular complexity index is 417. The summed E-state index contributed by atoms with van der Waals surface area (Å²) >= 11 is 0. The average molecular weight is 265 g/mol. The van der Waals surface area contributed by atoms with E-state index in [2.05, 4.69) is 15.3 Å². The molecule has 5 nitrogen and oxygen atoms in total. The molecule has 106 valence electrons. The Hall–Kier alpha value is -1.20. The maximum atomic E-state index is 6.02. The minimum Gasteiger partial charge on any atom is -0.378 e. The normalized spacial score (nSPS) is 17.6. The lowest BCUT2D eigenvalue weighted by Crippen LogP contribution is -2.29. The maximum Gasteiger partial charge on any atom is 0.162 e. The quantitative estimate of drug-likeness (QED) is 0.856. The van der Waals surface area contributed by atoms with Gasteiger partial charge in [0.2, 0.25) is 0 Å². The summed E-state index contributed by atoms with van der Waals surface area (Å²) in [6, 6.07) is 1.92. The van der Waals surface area contributed by atoms with Crippen LogP contribution in [0.5, 0.6) is 0 Å². The van der Waals surface area contributed by atoms with Crippen LogP contribution in [-0.4, -0.2) is 30.7 Å². The molecule has 0 aromatic carbocycles. The molecule has 1 saturated carbocycles.